The van der Waals surface area contributed by atoms with Crippen molar-refractivity contribution in [1.29, 1.82) is 0 Å². The largest absolute Gasteiger partial charge is 0.436 e. The lowest BCUT2D eigenvalue weighted by Crippen LogP contribution is -2.06. The second-order valence-corrected chi connectivity index (χ2v) is 2.63. The number of aromatic amines is 1. The molecule has 0 spiro atoms. The van der Waals surface area contributed by atoms with E-state index in [1.54, 1.807) is 0 Å². The van der Waals surface area contributed by atoms with Crippen molar-refractivity contribution < 1.29 is 13.2 Å². The number of H-pyrrole nitrogens is 1. The fourth-order valence-electron chi connectivity index (χ4n) is 0.759. The SMILES string of the molecule is [N-]=[N+]=NCc1[nH]nc(C(F)(F)F)c1Cl. The van der Waals surface area contributed by atoms with Crippen LogP contribution in [-0.4, -0.2) is 10.2 Å². The number of alkyl halides is 3. The number of azide groups is 1. The first kappa shape index (κ1) is 10.7. The molecule has 5 nitrogen and oxygen atoms in total. The zero-order chi connectivity index (χ0) is 10.8. The highest BCUT2D eigenvalue weighted by atomic mass is 35.5. The Morgan fingerprint density at radius 3 is 2.64 bits per heavy atom. The van der Waals surface area contributed by atoms with E-state index in [2.05, 4.69) is 15.1 Å². The van der Waals surface area contributed by atoms with Crippen molar-refractivity contribution in [2.75, 3.05) is 0 Å². The van der Waals surface area contributed by atoms with E-state index >= 15 is 0 Å². The second kappa shape index (κ2) is 3.77. The molecule has 0 aromatic carbocycles. The van der Waals surface area contributed by atoms with Crippen molar-refractivity contribution in [2.45, 2.75) is 12.7 Å². The Kier molecular flexibility index (Phi) is 2.87. The Labute approximate surface area is 80.5 Å². The number of nitrogens with one attached hydrogen (secondary N) is 1. The number of hydrogen-bond acceptors (Lipinski definition) is 2. The molecule has 0 atom stereocenters. The predicted molar refractivity (Wildman–Crippen MR) is 41.4 cm³/mol. The van der Waals surface area contributed by atoms with E-state index in [9.17, 15) is 13.2 Å². The van der Waals surface area contributed by atoms with Gasteiger partial charge in [0.25, 0.3) is 0 Å². The first-order valence-electron chi connectivity index (χ1n) is 3.27. The number of rotatable bonds is 2. The molecule has 0 saturated heterocycles. The normalized spacial score (nSPS) is 11.1. The summed E-state index contributed by atoms with van der Waals surface area (Å²) in [6.07, 6.45) is -4.61. The van der Waals surface area contributed by atoms with Gasteiger partial charge in [-0.15, -0.1) is 0 Å². The van der Waals surface area contributed by atoms with Gasteiger partial charge in [-0.1, -0.05) is 16.7 Å². The Morgan fingerprint density at radius 2 is 2.21 bits per heavy atom. The van der Waals surface area contributed by atoms with E-state index < -0.39 is 16.9 Å². The number of aromatic nitrogens is 2. The van der Waals surface area contributed by atoms with Crippen molar-refractivity contribution in [1.82, 2.24) is 10.2 Å². The standard InChI is InChI=1S/C5H3ClF3N5/c6-3-2(1-11-14-10)12-13-4(3)5(7,8)9/h1H2,(H,12,13). The molecule has 0 fully saturated rings. The van der Waals surface area contributed by atoms with Gasteiger partial charge >= 0.3 is 6.18 Å². The second-order valence-electron chi connectivity index (χ2n) is 2.25. The monoisotopic (exact) mass is 225 g/mol. The molecular formula is C5H3ClF3N5. The van der Waals surface area contributed by atoms with Crippen LogP contribution in [0.4, 0.5) is 13.2 Å². The van der Waals surface area contributed by atoms with Gasteiger partial charge in [0.1, 0.15) is 0 Å². The summed E-state index contributed by atoms with van der Waals surface area (Å²) in [7, 11) is 0. The Hall–Kier alpha value is -1.40. The van der Waals surface area contributed by atoms with Crippen LogP contribution in [0.1, 0.15) is 11.4 Å². The molecule has 1 aromatic heterocycles. The smallest absolute Gasteiger partial charge is 0.280 e. The molecule has 9 heteroatoms. The van der Waals surface area contributed by atoms with E-state index in [0.29, 0.717) is 0 Å². The lowest BCUT2D eigenvalue weighted by molar-refractivity contribution is -0.141. The average molecular weight is 226 g/mol. The molecule has 1 heterocycles. The molecule has 76 valence electrons. The van der Waals surface area contributed by atoms with Crippen LogP contribution in [0.5, 0.6) is 0 Å². The van der Waals surface area contributed by atoms with Crippen molar-refractivity contribution in [3.63, 3.8) is 0 Å². The van der Waals surface area contributed by atoms with E-state index in [4.69, 9.17) is 17.1 Å². The molecule has 0 amide bonds. The minimum absolute atomic E-state index is 0.0585. The topological polar surface area (TPSA) is 77.4 Å². The van der Waals surface area contributed by atoms with Gasteiger partial charge in [0.2, 0.25) is 0 Å². The van der Waals surface area contributed by atoms with Gasteiger partial charge in [-0.3, -0.25) is 5.10 Å². The van der Waals surface area contributed by atoms with Crippen molar-refractivity contribution in [3.05, 3.63) is 26.9 Å². The molecule has 0 aliphatic rings. The Balaban J connectivity index is 3.02. The van der Waals surface area contributed by atoms with Gasteiger partial charge in [-0.05, 0) is 5.53 Å². The highest BCUT2D eigenvalue weighted by Crippen LogP contribution is 2.34. The third-order valence-electron chi connectivity index (χ3n) is 1.34. The van der Waals surface area contributed by atoms with Crippen LogP contribution in [0.2, 0.25) is 5.02 Å². The van der Waals surface area contributed by atoms with Gasteiger partial charge in [0.05, 0.1) is 17.3 Å². The molecule has 0 saturated carbocycles. The lowest BCUT2D eigenvalue weighted by Gasteiger charge is -2.01. The average Bonchev–Trinajstić information content (AvgIpc) is 2.42. The van der Waals surface area contributed by atoms with Gasteiger partial charge in [-0.25, -0.2) is 0 Å². The summed E-state index contributed by atoms with van der Waals surface area (Å²) in [5, 5.41) is 7.51. The third kappa shape index (κ3) is 2.09. The third-order valence-corrected chi connectivity index (χ3v) is 1.74. The zero-order valence-corrected chi connectivity index (χ0v) is 7.26. The van der Waals surface area contributed by atoms with Crippen molar-refractivity contribution >= 4 is 11.6 Å². The summed E-state index contributed by atoms with van der Waals surface area (Å²) in [4.78, 5) is 2.38. The van der Waals surface area contributed by atoms with Crippen LogP contribution in [0.3, 0.4) is 0 Å². The van der Waals surface area contributed by atoms with Crippen LogP contribution < -0.4 is 0 Å². The summed E-state index contributed by atoms with van der Waals surface area (Å²) in [5.74, 6) is 0. The summed E-state index contributed by atoms with van der Waals surface area (Å²) in [6.45, 7) is -0.293. The van der Waals surface area contributed by atoms with Crippen LogP contribution in [-0.2, 0) is 12.7 Å². The molecule has 1 aromatic rings. The number of halogens is 4. The van der Waals surface area contributed by atoms with Gasteiger partial charge in [0.15, 0.2) is 5.69 Å². The summed E-state index contributed by atoms with van der Waals surface area (Å²) in [5.41, 5.74) is 6.68. The summed E-state index contributed by atoms with van der Waals surface area (Å²) in [6, 6.07) is 0. The van der Waals surface area contributed by atoms with E-state index in [1.165, 1.54) is 0 Å². The maximum atomic E-state index is 12.1. The van der Waals surface area contributed by atoms with E-state index in [0.717, 1.165) is 0 Å². The molecule has 0 aliphatic carbocycles. The first-order chi connectivity index (χ1) is 6.46. The highest BCUT2D eigenvalue weighted by molar-refractivity contribution is 6.31. The lowest BCUT2D eigenvalue weighted by atomic mass is 10.3. The fourth-order valence-corrected chi connectivity index (χ4v) is 1.01. The zero-order valence-electron chi connectivity index (χ0n) is 6.51. The van der Waals surface area contributed by atoms with Crippen LogP contribution in [0.15, 0.2) is 5.11 Å². The molecule has 14 heavy (non-hydrogen) atoms. The Bertz CT molecular complexity index is 377. The molecule has 0 aliphatic heterocycles. The maximum Gasteiger partial charge on any atom is 0.436 e. The van der Waals surface area contributed by atoms with Crippen LogP contribution in [0.25, 0.3) is 10.4 Å². The van der Waals surface area contributed by atoms with Gasteiger partial charge in [-0.2, -0.15) is 18.3 Å². The molecule has 1 N–H and O–H groups in total. The van der Waals surface area contributed by atoms with Gasteiger partial charge < -0.3 is 0 Å². The molecule has 0 bridgehead atoms. The Morgan fingerprint density at radius 1 is 1.57 bits per heavy atom. The number of nitrogens with zero attached hydrogens (tertiary/aromatic N) is 4. The van der Waals surface area contributed by atoms with Crippen LogP contribution in [0, 0.1) is 0 Å². The quantitative estimate of drug-likeness (QED) is 0.469. The minimum Gasteiger partial charge on any atom is -0.280 e. The molecular weight excluding hydrogens is 223 g/mol. The van der Waals surface area contributed by atoms with E-state index in [1.807, 2.05) is 5.10 Å². The highest BCUT2D eigenvalue weighted by Gasteiger charge is 2.37. The summed E-state index contributed by atoms with van der Waals surface area (Å²) >= 11 is 5.35. The van der Waals surface area contributed by atoms with Crippen LogP contribution >= 0.6 is 11.6 Å². The summed E-state index contributed by atoms with van der Waals surface area (Å²) < 4.78 is 36.3. The minimum atomic E-state index is -4.61. The van der Waals surface area contributed by atoms with Crippen molar-refractivity contribution in [2.24, 2.45) is 5.11 Å². The van der Waals surface area contributed by atoms with E-state index in [-0.39, 0.29) is 12.2 Å². The van der Waals surface area contributed by atoms with Crippen molar-refractivity contribution in [3.8, 4) is 0 Å². The first-order valence-corrected chi connectivity index (χ1v) is 3.65. The molecule has 0 unspecified atom stereocenters. The number of hydrogen-bond donors (Lipinski definition) is 1. The molecule has 1 rings (SSSR count). The fraction of sp³-hybridized carbons (Fsp3) is 0.400. The van der Waals surface area contributed by atoms with Gasteiger partial charge in [0, 0.05) is 4.91 Å². The molecule has 0 radical (unpaired) electrons. The maximum absolute atomic E-state index is 12.1. The predicted octanol–water partition coefficient (Wildman–Crippen LogP) is 2.89.